The van der Waals surface area contributed by atoms with E-state index >= 15 is 0 Å². The zero-order chi connectivity index (χ0) is 15.7. The number of nitrogens with two attached hydrogens (primary N) is 1. The van der Waals surface area contributed by atoms with E-state index in [1.54, 1.807) is 4.90 Å². The van der Waals surface area contributed by atoms with E-state index in [4.69, 9.17) is 5.73 Å². The maximum atomic E-state index is 12.5. The van der Waals surface area contributed by atoms with Gasteiger partial charge in [0, 0.05) is 30.9 Å². The van der Waals surface area contributed by atoms with E-state index in [0.717, 1.165) is 36.8 Å². The molecule has 24 heavy (non-hydrogen) atoms. The summed E-state index contributed by atoms with van der Waals surface area (Å²) in [6.07, 6.45) is 2.77. The summed E-state index contributed by atoms with van der Waals surface area (Å²) in [7, 11) is 0. The average molecular weight is 395 g/mol. The third kappa shape index (κ3) is 4.39. The molecule has 2 atom stereocenters. The summed E-state index contributed by atoms with van der Waals surface area (Å²) in [5, 5.41) is 2.61. The first-order valence-electron chi connectivity index (χ1n) is 7.82. The SMILES string of the molecule is CC1CC(CN)CN1C(=O)Cc1csc(N2CCCC2=O)n1.Cl.Cl. The van der Waals surface area contributed by atoms with Crippen molar-refractivity contribution in [2.45, 2.75) is 38.6 Å². The number of hydrogen-bond acceptors (Lipinski definition) is 5. The highest BCUT2D eigenvalue weighted by atomic mass is 35.5. The fourth-order valence-electron chi connectivity index (χ4n) is 3.27. The Morgan fingerprint density at radius 2 is 2.21 bits per heavy atom. The van der Waals surface area contributed by atoms with Gasteiger partial charge in [-0.1, -0.05) is 0 Å². The normalized spacial score (nSPS) is 23.2. The molecule has 0 aliphatic carbocycles. The molecule has 3 heterocycles. The maximum absolute atomic E-state index is 12.5. The van der Waals surface area contributed by atoms with Gasteiger partial charge in [0.2, 0.25) is 11.8 Å². The first-order chi connectivity index (χ1) is 10.6. The van der Waals surface area contributed by atoms with Gasteiger partial charge in [-0.3, -0.25) is 14.5 Å². The van der Waals surface area contributed by atoms with E-state index in [0.29, 0.717) is 25.3 Å². The highest BCUT2D eigenvalue weighted by molar-refractivity contribution is 7.14. The van der Waals surface area contributed by atoms with E-state index in [-0.39, 0.29) is 42.7 Å². The Kier molecular flexibility index (Phi) is 7.92. The highest BCUT2D eigenvalue weighted by Crippen LogP contribution is 2.27. The Balaban J connectivity index is 0.00000144. The van der Waals surface area contributed by atoms with Crippen molar-refractivity contribution < 1.29 is 9.59 Å². The zero-order valence-corrected chi connectivity index (χ0v) is 16.1. The standard InChI is InChI=1S/C15H22N4O2S.2ClH/c1-10-5-11(7-16)8-19(10)14(21)6-12-9-22-15(17-12)18-4-2-3-13(18)20;;/h9-11H,2-8,16H2,1H3;2*1H. The minimum absolute atomic E-state index is 0. The second-order valence-electron chi connectivity index (χ2n) is 6.18. The Morgan fingerprint density at radius 3 is 2.79 bits per heavy atom. The number of carbonyl (C=O) groups is 2. The number of rotatable bonds is 4. The van der Waals surface area contributed by atoms with Gasteiger partial charge in [-0.2, -0.15) is 0 Å². The van der Waals surface area contributed by atoms with Gasteiger partial charge in [0.25, 0.3) is 0 Å². The molecule has 0 radical (unpaired) electrons. The van der Waals surface area contributed by atoms with Gasteiger partial charge >= 0.3 is 0 Å². The number of carbonyl (C=O) groups excluding carboxylic acids is 2. The summed E-state index contributed by atoms with van der Waals surface area (Å²) in [5.41, 5.74) is 6.47. The number of thiazole rings is 1. The van der Waals surface area contributed by atoms with Crippen LogP contribution < -0.4 is 10.6 Å². The number of amides is 2. The van der Waals surface area contributed by atoms with Gasteiger partial charge < -0.3 is 10.6 Å². The predicted octanol–water partition coefficient (Wildman–Crippen LogP) is 1.85. The molecule has 136 valence electrons. The second-order valence-corrected chi connectivity index (χ2v) is 7.02. The van der Waals surface area contributed by atoms with Gasteiger partial charge in [-0.25, -0.2) is 4.98 Å². The monoisotopic (exact) mass is 394 g/mol. The van der Waals surface area contributed by atoms with Crippen molar-refractivity contribution in [1.82, 2.24) is 9.88 Å². The largest absolute Gasteiger partial charge is 0.339 e. The summed E-state index contributed by atoms with van der Waals surface area (Å²) < 4.78 is 0. The fourth-order valence-corrected chi connectivity index (χ4v) is 4.14. The van der Waals surface area contributed by atoms with Crippen LogP contribution in [0.5, 0.6) is 0 Å². The van der Waals surface area contributed by atoms with Crippen molar-refractivity contribution in [3.8, 4) is 0 Å². The highest BCUT2D eigenvalue weighted by Gasteiger charge is 2.32. The van der Waals surface area contributed by atoms with E-state index in [9.17, 15) is 9.59 Å². The molecule has 6 nitrogen and oxygen atoms in total. The minimum atomic E-state index is 0. The van der Waals surface area contributed by atoms with Crippen molar-refractivity contribution in [2.75, 3.05) is 24.5 Å². The van der Waals surface area contributed by atoms with Gasteiger partial charge in [0.05, 0.1) is 12.1 Å². The molecule has 0 spiro atoms. The average Bonchev–Trinajstić information content (AvgIpc) is 3.18. The molecule has 2 aliphatic heterocycles. The quantitative estimate of drug-likeness (QED) is 0.844. The minimum Gasteiger partial charge on any atom is -0.339 e. The number of aromatic nitrogens is 1. The molecule has 9 heteroatoms. The molecule has 2 fully saturated rings. The Morgan fingerprint density at radius 1 is 1.46 bits per heavy atom. The molecule has 0 saturated carbocycles. The summed E-state index contributed by atoms with van der Waals surface area (Å²) in [6.45, 7) is 4.19. The van der Waals surface area contributed by atoms with Crippen LogP contribution in [0.1, 0.15) is 31.9 Å². The number of anilines is 1. The number of likely N-dealkylation sites (tertiary alicyclic amines) is 1. The fraction of sp³-hybridized carbons (Fsp3) is 0.667. The van der Waals surface area contributed by atoms with Crippen molar-refractivity contribution >= 4 is 53.1 Å². The lowest BCUT2D eigenvalue weighted by atomic mass is 10.1. The number of hydrogen-bond donors (Lipinski definition) is 1. The van der Waals surface area contributed by atoms with Crippen LogP contribution in [-0.4, -0.2) is 47.4 Å². The van der Waals surface area contributed by atoms with Gasteiger partial charge in [-0.15, -0.1) is 36.2 Å². The lowest BCUT2D eigenvalue weighted by Gasteiger charge is -2.21. The third-order valence-corrected chi connectivity index (χ3v) is 5.40. The molecule has 1 aromatic heterocycles. The summed E-state index contributed by atoms with van der Waals surface area (Å²) in [5.74, 6) is 0.645. The van der Waals surface area contributed by atoms with Crippen LogP contribution in [0.2, 0.25) is 0 Å². The molecular weight excluding hydrogens is 371 g/mol. The van der Waals surface area contributed by atoms with E-state index in [1.807, 2.05) is 10.3 Å². The van der Waals surface area contributed by atoms with Crippen molar-refractivity contribution in [1.29, 1.82) is 0 Å². The first-order valence-corrected chi connectivity index (χ1v) is 8.70. The first kappa shape index (κ1) is 21.2. The van der Waals surface area contributed by atoms with E-state index < -0.39 is 0 Å². The summed E-state index contributed by atoms with van der Waals surface area (Å²) >= 11 is 1.44. The van der Waals surface area contributed by atoms with E-state index in [2.05, 4.69) is 11.9 Å². The molecule has 1 aromatic rings. The van der Waals surface area contributed by atoms with Gasteiger partial charge in [-0.05, 0) is 32.2 Å². The lowest BCUT2D eigenvalue weighted by molar-refractivity contribution is -0.131. The maximum Gasteiger partial charge on any atom is 0.228 e. The molecule has 2 saturated heterocycles. The Bertz CT molecular complexity index is 584. The smallest absolute Gasteiger partial charge is 0.228 e. The van der Waals surface area contributed by atoms with Crippen molar-refractivity contribution in [3.63, 3.8) is 0 Å². The molecule has 0 aromatic carbocycles. The third-order valence-electron chi connectivity index (χ3n) is 4.49. The van der Waals surface area contributed by atoms with Crippen molar-refractivity contribution in [2.24, 2.45) is 11.7 Å². The lowest BCUT2D eigenvalue weighted by Crippen LogP contribution is -2.35. The molecular formula is C15H24Cl2N4O2S. The van der Waals surface area contributed by atoms with Crippen LogP contribution in [0.15, 0.2) is 5.38 Å². The molecule has 3 rings (SSSR count). The topological polar surface area (TPSA) is 79.5 Å². The van der Waals surface area contributed by atoms with Crippen LogP contribution in [0.4, 0.5) is 5.13 Å². The number of nitrogens with zero attached hydrogens (tertiary/aromatic N) is 3. The molecule has 2 N–H and O–H groups in total. The Labute approximate surface area is 158 Å². The van der Waals surface area contributed by atoms with Crippen LogP contribution in [-0.2, 0) is 16.0 Å². The van der Waals surface area contributed by atoms with E-state index in [1.165, 1.54) is 11.3 Å². The second kappa shape index (κ2) is 8.99. The van der Waals surface area contributed by atoms with Crippen LogP contribution >= 0.6 is 36.2 Å². The van der Waals surface area contributed by atoms with Crippen molar-refractivity contribution in [3.05, 3.63) is 11.1 Å². The molecule has 2 amide bonds. The summed E-state index contributed by atoms with van der Waals surface area (Å²) in [6, 6.07) is 0.249. The van der Waals surface area contributed by atoms with Crippen LogP contribution in [0.25, 0.3) is 0 Å². The zero-order valence-electron chi connectivity index (χ0n) is 13.6. The summed E-state index contributed by atoms with van der Waals surface area (Å²) in [4.78, 5) is 32.3. The van der Waals surface area contributed by atoms with Gasteiger partial charge in [0.15, 0.2) is 5.13 Å². The Hall–Kier alpha value is -0.890. The molecule has 2 unspecified atom stereocenters. The van der Waals surface area contributed by atoms with Crippen LogP contribution in [0.3, 0.4) is 0 Å². The molecule has 2 aliphatic rings. The van der Waals surface area contributed by atoms with Gasteiger partial charge in [0.1, 0.15) is 0 Å². The van der Waals surface area contributed by atoms with Crippen LogP contribution in [0, 0.1) is 5.92 Å². The predicted molar refractivity (Wildman–Crippen MR) is 100 cm³/mol. The number of halogens is 2. The molecule has 0 bridgehead atoms.